The van der Waals surface area contributed by atoms with Crippen molar-refractivity contribution in [2.24, 2.45) is 0 Å². The van der Waals surface area contributed by atoms with E-state index in [1.54, 1.807) is 24.4 Å². The number of nitrogens with zero attached hydrogens (tertiary/aromatic N) is 4. The van der Waals surface area contributed by atoms with E-state index in [0.717, 1.165) is 10.9 Å². The van der Waals surface area contributed by atoms with Gasteiger partial charge in [0.25, 0.3) is 0 Å². The first kappa shape index (κ1) is 15.3. The topological polar surface area (TPSA) is 55.6 Å². The molecular weight excluding hydrogens is 317 g/mol. The maximum absolute atomic E-state index is 14.1. The van der Waals surface area contributed by atoms with E-state index < -0.39 is 0 Å². The number of aryl methyl sites for hydroxylation is 1. The second kappa shape index (κ2) is 6.32. The molecule has 2 heterocycles. The van der Waals surface area contributed by atoms with E-state index in [4.69, 9.17) is 0 Å². The zero-order valence-electron chi connectivity index (χ0n) is 13.6. The van der Waals surface area contributed by atoms with Crippen LogP contribution in [-0.2, 0) is 6.54 Å². The van der Waals surface area contributed by atoms with Gasteiger partial charge in [0.1, 0.15) is 23.6 Å². The first-order valence-corrected chi connectivity index (χ1v) is 7.95. The lowest BCUT2D eigenvalue weighted by Crippen LogP contribution is -2.04. The third kappa shape index (κ3) is 2.94. The molecule has 0 atom stereocenters. The fraction of sp³-hybridized carbons (Fsp3) is 0.105. The summed E-state index contributed by atoms with van der Waals surface area (Å²) >= 11 is 0. The second-order valence-corrected chi connectivity index (χ2v) is 5.81. The molecule has 2 aromatic heterocycles. The summed E-state index contributed by atoms with van der Waals surface area (Å²) in [5, 5.41) is 8.34. The van der Waals surface area contributed by atoms with Crippen LogP contribution in [0.5, 0.6) is 0 Å². The molecule has 0 saturated carbocycles. The molecule has 6 heteroatoms. The van der Waals surface area contributed by atoms with Crippen molar-refractivity contribution in [3.05, 3.63) is 78.0 Å². The molecule has 5 nitrogen and oxygen atoms in total. The summed E-state index contributed by atoms with van der Waals surface area (Å²) in [5.74, 6) is 0.327. The van der Waals surface area contributed by atoms with Crippen LogP contribution >= 0.6 is 0 Å². The van der Waals surface area contributed by atoms with Gasteiger partial charge in [-0.3, -0.25) is 0 Å². The number of fused-ring (bicyclic) bond motifs is 1. The first-order chi connectivity index (χ1) is 12.2. The minimum absolute atomic E-state index is 0.347. The van der Waals surface area contributed by atoms with Gasteiger partial charge in [-0.1, -0.05) is 42.0 Å². The fourth-order valence-corrected chi connectivity index (χ4v) is 2.68. The van der Waals surface area contributed by atoms with Gasteiger partial charge in [-0.15, -0.1) is 0 Å². The summed E-state index contributed by atoms with van der Waals surface area (Å²) in [7, 11) is 0. The van der Waals surface area contributed by atoms with Crippen LogP contribution in [0, 0.1) is 12.7 Å². The summed E-state index contributed by atoms with van der Waals surface area (Å²) in [6.45, 7) is 2.69. The van der Waals surface area contributed by atoms with Crippen LogP contribution in [0.25, 0.3) is 16.7 Å². The van der Waals surface area contributed by atoms with Gasteiger partial charge < -0.3 is 5.32 Å². The predicted octanol–water partition coefficient (Wildman–Crippen LogP) is 3.88. The van der Waals surface area contributed by atoms with Crippen molar-refractivity contribution < 1.29 is 4.39 Å². The van der Waals surface area contributed by atoms with E-state index in [0.29, 0.717) is 23.7 Å². The number of nitrogens with one attached hydrogen (secondary N) is 1. The number of anilines is 1. The average Bonchev–Trinajstić information content (AvgIpc) is 3.06. The highest BCUT2D eigenvalue weighted by molar-refractivity contribution is 5.87. The summed E-state index contributed by atoms with van der Waals surface area (Å²) in [5.41, 5.74) is 3.30. The molecule has 0 saturated heterocycles. The van der Waals surface area contributed by atoms with Gasteiger partial charge in [0.15, 0.2) is 5.65 Å². The van der Waals surface area contributed by atoms with Gasteiger partial charge in [-0.25, -0.2) is 19.0 Å². The number of halogens is 1. The molecule has 124 valence electrons. The number of benzene rings is 2. The van der Waals surface area contributed by atoms with Crippen molar-refractivity contribution in [3.63, 3.8) is 0 Å². The van der Waals surface area contributed by atoms with Gasteiger partial charge in [0.05, 0.1) is 11.6 Å². The molecule has 0 aliphatic rings. The second-order valence-electron chi connectivity index (χ2n) is 5.81. The minimum atomic E-state index is -0.347. The van der Waals surface area contributed by atoms with Crippen LogP contribution < -0.4 is 5.32 Å². The Balaban J connectivity index is 1.67. The van der Waals surface area contributed by atoms with Crippen LogP contribution in [0.2, 0.25) is 0 Å². The van der Waals surface area contributed by atoms with Crippen molar-refractivity contribution in [2.75, 3.05) is 5.32 Å². The zero-order chi connectivity index (χ0) is 17.2. The molecule has 0 spiro atoms. The Labute approximate surface area is 144 Å². The lowest BCUT2D eigenvalue weighted by molar-refractivity contribution is 0.612. The van der Waals surface area contributed by atoms with Crippen LogP contribution in [-0.4, -0.2) is 19.7 Å². The third-order valence-corrected chi connectivity index (χ3v) is 4.03. The number of para-hydroxylation sites is 1. The lowest BCUT2D eigenvalue weighted by atomic mass is 10.1. The molecular formula is C19H16FN5. The molecule has 0 unspecified atom stereocenters. The van der Waals surface area contributed by atoms with Crippen molar-refractivity contribution >= 4 is 16.9 Å². The maximum atomic E-state index is 14.1. The molecule has 2 aromatic carbocycles. The predicted molar refractivity (Wildman–Crippen MR) is 95.1 cm³/mol. The minimum Gasteiger partial charge on any atom is -0.365 e. The van der Waals surface area contributed by atoms with E-state index >= 15 is 0 Å². The number of hydrogen-bond donors (Lipinski definition) is 1. The normalized spacial score (nSPS) is 11.0. The average molecular weight is 333 g/mol. The van der Waals surface area contributed by atoms with Gasteiger partial charge in [0, 0.05) is 6.54 Å². The Kier molecular flexibility index (Phi) is 3.85. The highest BCUT2D eigenvalue weighted by Crippen LogP contribution is 2.23. The number of rotatable bonds is 4. The van der Waals surface area contributed by atoms with Gasteiger partial charge in [0.2, 0.25) is 0 Å². The standard InChI is InChI=1S/C19H16FN5/c1-13-6-8-14(9-7-13)10-21-18-15-11-24-25(19(15)23-12-22-18)17-5-3-2-4-16(17)20/h2-9,11-12H,10H2,1H3,(H,21,22,23). The summed E-state index contributed by atoms with van der Waals surface area (Å²) < 4.78 is 15.6. The van der Waals surface area contributed by atoms with E-state index in [9.17, 15) is 4.39 Å². The molecule has 4 rings (SSSR count). The van der Waals surface area contributed by atoms with Crippen molar-refractivity contribution in [1.29, 1.82) is 0 Å². The monoisotopic (exact) mass is 333 g/mol. The Morgan fingerprint density at radius 3 is 2.64 bits per heavy atom. The molecule has 0 radical (unpaired) electrons. The maximum Gasteiger partial charge on any atom is 0.168 e. The Hall–Kier alpha value is -3.28. The molecule has 0 bridgehead atoms. The molecule has 25 heavy (non-hydrogen) atoms. The van der Waals surface area contributed by atoms with Crippen LogP contribution in [0.1, 0.15) is 11.1 Å². The van der Waals surface area contributed by atoms with E-state index in [1.807, 2.05) is 0 Å². The van der Waals surface area contributed by atoms with Gasteiger partial charge in [-0.05, 0) is 24.6 Å². The molecule has 0 fully saturated rings. The quantitative estimate of drug-likeness (QED) is 0.616. The largest absolute Gasteiger partial charge is 0.365 e. The summed E-state index contributed by atoms with van der Waals surface area (Å²) in [4.78, 5) is 8.57. The number of aromatic nitrogens is 4. The molecule has 4 aromatic rings. The fourth-order valence-electron chi connectivity index (χ4n) is 2.68. The van der Waals surface area contributed by atoms with Crippen LogP contribution in [0.15, 0.2) is 61.1 Å². The molecule has 0 amide bonds. The SMILES string of the molecule is Cc1ccc(CNc2ncnc3c2cnn3-c2ccccc2F)cc1. The van der Waals surface area contributed by atoms with Crippen LogP contribution in [0.4, 0.5) is 10.2 Å². The van der Waals surface area contributed by atoms with E-state index in [-0.39, 0.29) is 5.82 Å². The molecule has 0 aliphatic heterocycles. The third-order valence-electron chi connectivity index (χ3n) is 4.03. The smallest absolute Gasteiger partial charge is 0.168 e. The van der Waals surface area contributed by atoms with E-state index in [1.165, 1.54) is 22.6 Å². The Bertz CT molecular complexity index is 1020. The zero-order valence-corrected chi connectivity index (χ0v) is 13.6. The van der Waals surface area contributed by atoms with Crippen molar-refractivity contribution in [1.82, 2.24) is 19.7 Å². The Morgan fingerprint density at radius 1 is 1.04 bits per heavy atom. The highest BCUT2D eigenvalue weighted by Gasteiger charge is 2.13. The molecule has 1 N–H and O–H groups in total. The van der Waals surface area contributed by atoms with E-state index in [2.05, 4.69) is 51.6 Å². The number of hydrogen-bond acceptors (Lipinski definition) is 4. The van der Waals surface area contributed by atoms with Crippen molar-refractivity contribution in [2.45, 2.75) is 13.5 Å². The highest BCUT2D eigenvalue weighted by atomic mass is 19.1. The van der Waals surface area contributed by atoms with Crippen molar-refractivity contribution in [3.8, 4) is 5.69 Å². The summed E-state index contributed by atoms with van der Waals surface area (Å²) in [6, 6.07) is 14.8. The summed E-state index contributed by atoms with van der Waals surface area (Å²) in [6.07, 6.45) is 3.11. The lowest BCUT2D eigenvalue weighted by Gasteiger charge is -2.08. The van der Waals surface area contributed by atoms with Crippen LogP contribution in [0.3, 0.4) is 0 Å². The molecule has 0 aliphatic carbocycles. The first-order valence-electron chi connectivity index (χ1n) is 7.95. The van der Waals surface area contributed by atoms with Gasteiger partial charge >= 0.3 is 0 Å². The van der Waals surface area contributed by atoms with Gasteiger partial charge in [-0.2, -0.15) is 5.10 Å². The Morgan fingerprint density at radius 2 is 1.84 bits per heavy atom.